The van der Waals surface area contributed by atoms with Crippen molar-refractivity contribution < 1.29 is 22.7 Å². The number of hydrogen-bond donors (Lipinski definition) is 1. The van der Waals surface area contributed by atoms with Crippen molar-refractivity contribution in [3.05, 3.63) is 87.9 Å². The Morgan fingerprint density at radius 3 is 2.32 bits per heavy atom. The molecule has 1 fully saturated rings. The number of carbonyl (C=O) groups excluding carboxylic acids is 2. The van der Waals surface area contributed by atoms with Gasteiger partial charge in [-0.2, -0.15) is 0 Å². The van der Waals surface area contributed by atoms with Crippen molar-refractivity contribution in [3.8, 4) is 5.75 Å². The molecular formula is C33H39Cl2N3O5S. The Morgan fingerprint density at radius 1 is 1.00 bits per heavy atom. The van der Waals surface area contributed by atoms with E-state index in [0.29, 0.717) is 17.0 Å². The van der Waals surface area contributed by atoms with Crippen LogP contribution in [0.2, 0.25) is 10.0 Å². The quantitative estimate of drug-likeness (QED) is 0.232. The summed E-state index contributed by atoms with van der Waals surface area (Å²) >= 11 is 12.8. The second-order valence-corrected chi connectivity index (χ2v) is 13.7. The van der Waals surface area contributed by atoms with Crippen LogP contribution in [0.3, 0.4) is 0 Å². The van der Waals surface area contributed by atoms with Crippen molar-refractivity contribution in [2.75, 3.05) is 18.0 Å². The van der Waals surface area contributed by atoms with Gasteiger partial charge in [-0.3, -0.25) is 13.9 Å². The molecule has 2 amide bonds. The lowest BCUT2D eigenvalue weighted by atomic mass is 9.95. The van der Waals surface area contributed by atoms with E-state index in [0.717, 1.165) is 42.0 Å². The number of aryl methyl sites for hydroxylation is 1. The van der Waals surface area contributed by atoms with Crippen LogP contribution in [0.4, 0.5) is 5.69 Å². The van der Waals surface area contributed by atoms with E-state index in [1.54, 1.807) is 48.5 Å². The molecular weight excluding hydrogens is 621 g/mol. The smallest absolute Gasteiger partial charge is 0.264 e. The Bertz CT molecular complexity index is 1560. The second-order valence-electron chi connectivity index (χ2n) is 11.0. The van der Waals surface area contributed by atoms with E-state index in [9.17, 15) is 18.0 Å². The van der Waals surface area contributed by atoms with E-state index in [4.69, 9.17) is 27.9 Å². The number of amides is 2. The molecule has 1 atom stereocenters. The Labute approximate surface area is 270 Å². The fourth-order valence-corrected chi connectivity index (χ4v) is 7.26. The van der Waals surface area contributed by atoms with Crippen LogP contribution in [0.1, 0.15) is 56.6 Å². The van der Waals surface area contributed by atoms with Gasteiger partial charge in [-0.1, -0.05) is 85.3 Å². The minimum Gasteiger partial charge on any atom is -0.495 e. The number of halogens is 2. The highest BCUT2D eigenvalue weighted by atomic mass is 35.5. The molecule has 236 valence electrons. The fraction of sp³-hybridized carbons (Fsp3) is 0.394. The zero-order valence-electron chi connectivity index (χ0n) is 25.3. The highest BCUT2D eigenvalue weighted by Gasteiger charge is 2.35. The fourth-order valence-electron chi connectivity index (χ4n) is 5.48. The Kier molecular flexibility index (Phi) is 11.6. The maximum Gasteiger partial charge on any atom is 0.264 e. The molecule has 3 aromatic carbocycles. The number of benzene rings is 3. The van der Waals surface area contributed by atoms with Gasteiger partial charge in [0.15, 0.2) is 0 Å². The maximum atomic E-state index is 14.4. The van der Waals surface area contributed by atoms with E-state index in [2.05, 4.69) is 5.32 Å². The summed E-state index contributed by atoms with van der Waals surface area (Å²) in [5, 5.41) is 3.85. The summed E-state index contributed by atoms with van der Waals surface area (Å²) in [5.41, 5.74) is 1.62. The summed E-state index contributed by atoms with van der Waals surface area (Å²) < 4.78 is 34.9. The molecule has 1 aliphatic carbocycles. The standard InChI is InChI=1S/C33H39Cl2N3O5S/c1-4-29(33(40)36-26-11-6-5-7-12-26)37(21-24-10-8-9-13-28(24)35)32(39)22-38(30-20-25(34)16-19-31(30)43-3)44(41,42)27-17-14-23(2)15-18-27/h8-10,13-20,26,29H,4-7,11-12,21-22H2,1-3H3,(H,36,40). The predicted molar refractivity (Wildman–Crippen MR) is 175 cm³/mol. The van der Waals surface area contributed by atoms with Crippen LogP contribution < -0.4 is 14.4 Å². The molecule has 0 aliphatic heterocycles. The van der Waals surface area contributed by atoms with E-state index in [1.165, 1.54) is 30.2 Å². The van der Waals surface area contributed by atoms with Crippen LogP contribution in [0, 0.1) is 6.92 Å². The topological polar surface area (TPSA) is 96.0 Å². The lowest BCUT2D eigenvalue weighted by molar-refractivity contribution is -0.140. The zero-order chi connectivity index (χ0) is 31.9. The zero-order valence-corrected chi connectivity index (χ0v) is 27.6. The van der Waals surface area contributed by atoms with Crippen LogP contribution in [0.5, 0.6) is 5.75 Å². The summed E-state index contributed by atoms with van der Waals surface area (Å²) in [4.78, 5) is 29.5. The number of nitrogens with one attached hydrogen (secondary N) is 1. The number of methoxy groups -OCH3 is 1. The first kappa shape index (κ1) is 33.6. The van der Waals surface area contributed by atoms with Crippen molar-refractivity contribution in [2.24, 2.45) is 0 Å². The van der Waals surface area contributed by atoms with Gasteiger partial charge in [0, 0.05) is 22.6 Å². The minimum absolute atomic E-state index is 0.00216. The number of ether oxygens (including phenoxy) is 1. The van der Waals surface area contributed by atoms with Crippen molar-refractivity contribution in [1.29, 1.82) is 0 Å². The molecule has 4 rings (SSSR count). The minimum atomic E-state index is -4.28. The van der Waals surface area contributed by atoms with Crippen LogP contribution in [0.25, 0.3) is 0 Å². The van der Waals surface area contributed by atoms with Crippen LogP contribution in [0.15, 0.2) is 71.6 Å². The van der Waals surface area contributed by atoms with Crippen LogP contribution in [-0.4, -0.2) is 50.9 Å². The maximum absolute atomic E-state index is 14.4. The largest absolute Gasteiger partial charge is 0.495 e. The first-order valence-electron chi connectivity index (χ1n) is 14.8. The molecule has 0 heterocycles. The van der Waals surface area contributed by atoms with Crippen molar-refractivity contribution in [2.45, 2.75) is 75.9 Å². The van der Waals surface area contributed by atoms with Gasteiger partial charge in [-0.25, -0.2) is 8.42 Å². The van der Waals surface area contributed by atoms with E-state index >= 15 is 0 Å². The van der Waals surface area contributed by atoms with Gasteiger partial charge in [-0.05, 0) is 68.1 Å². The Hall–Kier alpha value is -3.27. The highest BCUT2D eigenvalue weighted by molar-refractivity contribution is 7.92. The van der Waals surface area contributed by atoms with E-state index in [1.807, 2.05) is 13.8 Å². The molecule has 1 aliphatic rings. The summed E-state index contributed by atoms with van der Waals surface area (Å²) in [5.74, 6) is -0.626. The normalized spacial score (nSPS) is 14.5. The van der Waals surface area contributed by atoms with Crippen molar-refractivity contribution in [1.82, 2.24) is 10.2 Å². The summed E-state index contributed by atoms with van der Waals surface area (Å²) in [6, 6.07) is 17.2. The molecule has 1 unspecified atom stereocenters. The molecule has 0 radical (unpaired) electrons. The predicted octanol–water partition coefficient (Wildman–Crippen LogP) is 6.76. The number of carbonyl (C=O) groups is 2. The highest BCUT2D eigenvalue weighted by Crippen LogP contribution is 2.35. The third-order valence-electron chi connectivity index (χ3n) is 7.93. The SMILES string of the molecule is CCC(C(=O)NC1CCCCC1)N(Cc1ccccc1Cl)C(=O)CN(c1cc(Cl)ccc1OC)S(=O)(=O)c1ccc(C)cc1. The average molecular weight is 661 g/mol. The van der Waals surface area contributed by atoms with Crippen molar-refractivity contribution in [3.63, 3.8) is 0 Å². The molecule has 0 bridgehead atoms. The number of rotatable bonds is 12. The molecule has 0 saturated heterocycles. The number of anilines is 1. The summed E-state index contributed by atoms with van der Waals surface area (Å²) in [6.45, 7) is 3.09. The first-order chi connectivity index (χ1) is 21.0. The van der Waals surface area contributed by atoms with Crippen LogP contribution in [-0.2, 0) is 26.2 Å². The summed E-state index contributed by atoms with van der Waals surface area (Å²) in [7, 11) is -2.87. The molecule has 8 nitrogen and oxygen atoms in total. The van der Waals surface area contributed by atoms with Gasteiger partial charge in [0.2, 0.25) is 11.8 Å². The number of nitrogens with zero attached hydrogens (tertiary/aromatic N) is 2. The monoisotopic (exact) mass is 659 g/mol. The average Bonchev–Trinajstić information content (AvgIpc) is 3.01. The summed E-state index contributed by atoms with van der Waals surface area (Å²) in [6.07, 6.45) is 5.31. The third-order valence-corrected chi connectivity index (χ3v) is 10.3. The lowest BCUT2D eigenvalue weighted by Crippen LogP contribution is -2.54. The number of hydrogen-bond acceptors (Lipinski definition) is 5. The molecule has 0 aromatic heterocycles. The van der Waals surface area contributed by atoms with E-state index < -0.39 is 28.5 Å². The Morgan fingerprint density at radius 2 is 1.68 bits per heavy atom. The van der Waals surface area contributed by atoms with E-state index in [-0.39, 0.29) is 39.8 Å². The lowest BCUT2D eigenvalue weighted by Gasteiger charge is -2.35. The molecule has 1 saturated carbocycles. The molecule has 3 aromatic rings. The molecule has 1 N–H and O–H groups in total. The van der Waals surface area contributed by atoms with Gasteiger partial charge in [0.1, 0.15) is 18.3 Å². The van der Waals surface area contributed by atoms with Crippen LogP contribution >= 0.6 is 23.2 Å². The van der Waals surface area contributed by atoms with Gasteiger partial charge in [-0.15, -0.1) is 0 Å². The Balaban J connectivity index is 1.77. The van der Waals surface area contributed by atoms with Gasteiger partial charge in [0.25, 0.3) is 10.0 Å². The second kappa shape index (κ2) is 15.1. The molecule has 0 spiro atoms. The van der Waals surface area contributed by atoms with Gasteiger partial charge < -0.3 is 15.0 Å². The van der Waals surface area contributed by atoms with Gasteiger partial charge >= 0.3 is 0 Å². The molecule has 44 heavy (non-hydrogen) atoms. The number of sulfonamides is 1. The third kappa shape index (κ3) is 8.06. The molecule has 11 heteroatoms. The van der Waals surface area contributed by atoms with Crippen molar-refractivity contribution >= 4 is 50.7 Å². The van der Waals surface area contributed by atoms with Gasteiger partial charge in [0.05, 0.1) is 17.7 Å². The first-order valence-corrected chi connectivity index (χ1v) is 17.0.